The predicted molar refractivity (Wildman–Crippen MR) is 140 cm³/mol. The number of rotatable bonds is 9. The lowest BCUT2D eigenvalue weighted by Gasteiger charge is -2.37. The maximum Gasteiger partial charge on any atom is 0.234 e. The molecule has 0 aromatic carbocycles. The first-order valence-corrected chi connectivity index (χ1v) is 14.6. The van der Waals surface area contributed by atoms with Gasteiger partial charge in [0.2, 0.25) is 11.8 Å². The molecule has 188 valence electrons. The number of amides is 2. The number of hydrogen-bond acceptors (Lipinski definition) is 9. The average Bonchev–Trinajstić information content (AvgIpc) is 3.46. The summed E-state index contributed by atoms with van der Waals surface area (Å²) < 4.78 is 1.81. The Hall–Kier alpha value is -2.34. The third-order valence-corrected chi connectivity index (χ3v) is 8.46. The largest absolute Gasteiger partial charge is 0.369 e. The van der Waals surface area contributed by atoms with E-state index in [1.165, 1.54) is 11.8 Å². The van der Waals surface area contributed by atoms with E-state index < -0.39 is 0 Å². The summed E-state index contributed by atoms with van der Waals surface area (Å²) in [6.07, 6.45) is 9.16. The number of carbonyl (C=O) groups excluding carboxylic acids is 2. The Labute approximate surface area is 213 Å². The molecular weight excluding hydrogens is 484 g/mol. The second-order valence-electron chi connectivity index (χ2n) is 9.19. The summed E-state index contributed by atoms with van der Waals surface area (Å²) in [5.74, 6) is 1.62. The van der Waals surface area contributed by atoms with E-state index in [4.69, 9.17) is 4.99 Å². The zero-order valence-electron chi connectivity index (χ0n) is 20.2. The van der Waals surface area contributed by atoms with Crippen LogP contribution < -0.4 is 10.6 Å². The molecule has 3 unspecified atom stereocenters. The number of aliphatic imine (C=N–C) groups is 1. The minimum absolute atomic E-state index is 0.00488. The summed E-state index contributed by atoms with van der Waals surface area (Å²) in [5, 5.41) is 13.2. The van der Waals surface area contributed by atoms with Crippen molar-refractivity contribution in [3.8, 4) is 0 Å². The fourth-order valence-electron chi connectivity index (χ4n) is 5.03. The second-order valence-corrected chi connectivity index (χ2v) is 10.9. The Kier molecular flexibility index (Phi) is 7.47. The third kappa shape index (κ3) is 5.00. The van der Waals surface area contributed by atoms with Gasteiger partial charge in [0, 0.05) is 25.3 Å². The van der Waals surface area contributed by atoms with Crippen molar-refractivity contribution in [3.05, 3.63) is 6.20 Å². The molecule has 2 N–H and O–H groups in total. The van der Waals surface area contributed by atoms with E-state index in [1.54, 1.807) is 18.0 Å². The Morgan fingerprint density at radius 2 is 2.11 bits per heavy atom. The lowest BCUT2D eigenvalue weighted by atomic mass is 9.83. The Morgan fingerprint density at radius 3 is 2.94 bits per heavy atom. The Morgan fingerprint density at radius 1 is 1.26 bits per heavy atom. The molecule has 2 fully saturated rings. The molecule has 3 atom stereocenters. The van der Waals surface area contributed by atoms with Crippen molar-refractivity contribution in [2.45, 2.75) is 69.2 Å². The Balaban J connectivity index is 1.19. The van der Waals surface area contributed by atoms with Crippen LogP contribution in [0.4, 0.5) is 5.82 Å². The minimum Gasteiger partial charge on any atom is -0.369 e. The van der Waals surface area contributed by atoms with Crippen molar-refractivity contribution in [3.63, 3.8) is 0 Å². The van der Waals surface area contributed by atoms with Crippen LogP contribution in [0.2, 0.25) is 0 Å². The lowest BCUT2D eigenvalue weighted by Crippen LogP contribution is -2.51. The topological polar surface area (TPSA) is 117 Å². The average molecular weight is 517 g/mol. The molecule has 0 radical (unpaired) electrons. The summed E-state index contributed by atoms with van der Waals surface area (Å²) in [6.45, 7) is 3.88. The van der Waals surface area contributed by atoms with Crippen LogP contribution in [0.5, 0.6) is 0 Å². The first kappa shape index (κ1) is 24.4. The normalized spacial score (nSPS) is 23.7. The molecule has 2 aliphatic heterocycles. The van der Waals surface area contributed by atoms with Crippen LogP contribution in [0, 0.1) is 5.92 Å². The van der Waals surface area contributed by atoms with E-state index in [-0.39, 0.29) is 29.8 Å². The highest BCUT2D eigenvalue weighted by Crippen LogP contribution is 2.38. The number of amidine groups is 1. The molecule has 4 heterocycles. The molecule has 10 nitrogen and oxygen atoms in total. The van der Waals surface area contributed by atoms with Gasteiger partial charge in [-0.1, -0.05) is 43.3 Å². The van der Waals surface area contributed by atoms with Crippen LogP contribution >= 0.6 is 23.5 Å². The summed E-state index contributed by atoms with van der Waals surface area (Å²) in [5.41, 5.74) is 0.756. The van der Waals surface area contributed by atoms with Gasteiger partial charge in [0.25, 0.3) is 0 Å². The van der Waals surface area contributed by atoms with Crippen LogP contribution in [0.25, 0.3) is 11.0 Å². The lowest BCUT2D eigenvalue weighted by molar-refractivity contribution is -0.135. The maximum atomic E-state index is 13.1. The first-order valence-electron chi connectivity index (χ1n) is 12.4. The van der Waals surface area contributed by atoms with E-state index in [0.717, 1.165) is 66.4 Å². The number of hydrogen-bond donors (Lipinski definition) is 2. The summed E-state index contributed by atoms with van der Waals surface area (Å²) in [6, 6.07) is 0.0170. The van der Waals surface area contributed by atoms with Gasteiger partial charge in [-0.3, -0.25) is 19.5 Å². The first-order chi connectivity index (χ1) is 17.1. The smallest absolute Gasteiger partial charge is 0.234 e. The van der Waals surface area contributed by atoms with Crippen molar-refractivity contribution in [1.82, 2.24) is 30.0 Å². The van der Waals surface area contributed by atoms with Gasteiger partial charge in [-0.15, -0.1) is 0 Å². The van der Waals surface area contributed by atoms with E-state index in [0.29, 0.717) is 24.7 Å². The van der Waals surface area contributed by atoms with E-state index in [2.05, 4.69) is 32.6 Å². The molecule has 12 heteroatoms. The van der Waals surface area contributed by atoms with Crippen molar-refractivity contribution in [1.29, 1.82) is 0 Å². The number of aromatic nitrogens is 4. The van der Waals surface area contributed by atoms with Crippen molar-refractivity contribution < 1.29 is 9.59 Å². The monoisotopic (exact) mass is 516 g/mol. The van der Waals surface area contributed by atoms with Gasteiger partial charge in [-0.05, 0) is 25.5 Å². The molecule has 5 rings (SSSR count). The summed E-state index contributed by atoms with van der Waals surface area (Å²) in [7, 11) is 0. The summed E-state index contributed by atoms with van der Waals surface area (Å²) >= 11 is 3.10. The second kappa shape index (κ2) is 10.7. The van der Waals surface area contributed by atoms with Gasteiger partial charge in [0.05, 0.1) is 36.1 Å². The van der Waals surface area contributed by atoms with Crippen LogP contribution in [0.3, 0.4) is 0 Å². The van der Waals surface area contributed by atoms with E-state index in [9.17, 15) is 9.59 Å². The van der Waals surface area contributed by atoms with Gasteiger partial charge >= 0.3 is 0 Å². The number of nitrogens with zero attached hydrogens (tertiary/aromatic N) is 6. The number of fused-ring (bicyclic) bond motifs is 3. The number of anilines is 1. The van der Waals surface area contributed by atoms with Gasteiger partial charge in [-0.25, -0.2) is 14.6 Å². The van der Waals surface area contributed by atoms with Gasteiger partial charge in [-0.2, -0.15) is 5.10 Å². The molecule has 1 aliphatic carbocycles. The molecular formula is C23H32N8O2S2. The zero-order chi connectivity index (χ0) is 24.4. The van der Waals surface area contributed by atoms with E-state index >= 15 is 0 Å². The highest BCUT2D eigenvalue weighted by Gasteiger charge is 2.45. The number of nitrogens with one attached hydrogen (secondary N) is 2. The molecule has 1 saturated heterocycles. The van der Waals surface area contributed by atoms with Crippen LogP contribution in [-0.2, 0) is 16.1 Å². The highest BCUT2D eigenvalue weighted by molar-refractivity contribution is 8.14. The van der Waals surface area contributed by atoms with Crippen LogP contribution in [0.1, 0.15) is 45.4 Å². The molecule has 2 aromatic heterocycles. The quantitative estimate of drug-likeness (QED) is 0.386. The highest BCUT2D eigenvalue weighted by atomic mass is 32.2. The van der Waals surface area contributed by atoms with E-state index in [1.807, 2.05) is 15.8 Å². The fourth-order valence-corrected chi connectivity index (χ4v) is 6.58. The molecule has 2 amide bonds. The third-order valence-electron chi connectivity index (χ3n) is 6.80. The van der Waals surface area contributed by atoms with Crippen molar-refractivity contribution >= 4 is 57.4 Å². The molecule has 3 aliphatic rings. The maximum absolute atomic E-state index is 13.1. The van der Waals surface area contributed by atoms with Crippen molar-refractivity contribution in [2.24, 2.45) is 10.9 Å². The predicted octanol–water partition coefficient (Wildman–Crippen LogP) is 2.75. The Bertz CT molecular complexity index is 1140. The van der Waals surface area contributed by atoms with Gasteiger partial charge in [0.15, 0.2) is 16.0 Å². The number of carbonyl (C=O) groups is 2. The van der Waals surface area contributed by atoms with Gasteiger partial charge in [0.1, 0.15) is 5.82 Å². The zero-order valence-corrected chi connectivity index (χ0v) is 21.8. The SMILES string of the molecule is CCCNc1nc(SC)nc2c1cnn2CCNC(=O)CC1CSC2=NC3CCCCC3C(=O)N21. The van der Waals surface area contributed by atoms with Crippen LogP contribution in [0.15, 0.2) is 16.3 Å². The van der Waals surface area contributed by atoms with Crippen molar-refractivity contribution in [2.75, 3.05) is 30.4 Å². The minimum atomic E-state index is -0.122. The molecule has 0 bridgehead atoms. The van der Waals surface area contributed by atoms with Gasteiger partial charge < -0.3 is 10.6 Å². The van der Waals surface area contributed by atoms with Crippen LogP contribution in [-0.4, -0.2) is 78.8 Å². The summed E-state index contributed by atoms with van der Waals surface area (Å²) in [4.78, 5) is 41.8. The molecule has 1 saturated carbocycles. The molecule has 0 spiro atoms. The molecule has 2 aromatic rings. The number of thioether (sulfide) groups is 2. The molecule has 35 heavy (non-hydrogen) atoms. The fraction of sp³-hybridized carbons (Fsp3) is 0.652. The standard InChI is InChI=1S/C23H32N8O2S2/c1-3-8-25-19-16-12-26-30(20(16)29-22(28-19)34-2)10-9-24-18(32)11-14-13-35-23-27-17-7-5-4-6-15(17)21(33)31(14)23/h12,14-15,17H,3-11,13H2,1-2H3,(H,24,32)(H,25,28,29).